The van der Waals surface area contributed by atoms with E-state index in [-0.39, 0.29) is 11.7 Å². The Kier molecular flexibility index (Phi) is 3.90. The summed E-state index contributed by atoms with van der Waals surface area (Å²) in [7, 11) is 0. The number of hydrogen-bond acceptors (Lipinski definition) is 4. The molecular weight excluding hydrogens is 307 g/mol. The summed E-state index contributed by atoms with van der Waals surface area (Å²) in [6, 6.07) is 11.7. The van der Waals surface area contributed by atoms with Crippen molar-refractivity contribution in [3.8, 4) is 0 Å². The highest BCUT2D eigenvalue weighted by atomic mass is 32.2. The van der Waals surface area contributed by atoms with E-state index in [0.29, 0.717) is 20.9 Å². The van der Waals surface area contributed by atoms with Gasteiger partial charge in [0.25, 0.3) is 5.91 Å². The Morgan fingerprint density at radius 3 is 2.71 bits per heavy atom. The van der Waals surface area contributed by atoms with Crippen LogP contribution < -0.4 is 5.32 Å². The summed E-state index contributed by atoms with van der Waals surface area (Å²) >= 11 is 2.87. The van der Waals surface area contributed by atoms with Gasteiger partial charge in [0.15, 0.2) is 5.13 Å². The Labute approximate surface area is 129 Å². The van der Waals surface area contributed by atoms with Crippen LogP contribution in [0.15, 0.2) is 47.4 Å². The third-order valence-corrected chi connectivity index (χ3v) is 4.60. The molecule has 1 N–H and O–H groups in total. The van der Waals surface area contributed by atoms with Gasteiger partial charge in [-0.15, -0.1) is 11.8 Å². The minimum atomic E-state index is -0.309. The van der Waals surface area contributed by atoms with Gasteiger partial charge in [0, 0.05) is 10.5 Å². The van der Waals surface area contributed by atoms with Gasteiger partial charge < -0.3 is 0 Å². The van der Waals surface area contributed by atoms with Crippen molar-refractivity contribution in [2.24, 2.45) is 0 Å². The Bertz CT molecular complexity index is 799. The molecule has 0 fully saturated rings. The summed E-state index contributed by atoms with van der Waals surface area (Å²) in [4.78, 5) is 17.5. The maximum atomic E-state index is 13.1. The van der Waals surface area contributed by atoms with Gasteiger partial charge in [0.2, 0.25) is 0 Å². The molecule has 6 heteroatoms. The van der Waals surface area contributed by atoms with Gasteiger partial charge in [-0.3, -0.25) is 10.1 Å². The van der Waals surface area contributed by atoms with E-state index in [1.807, 2.05) is 18.4 Å². The SMILES string of the molecule is CSc1ccc(C(=O)Nc2nc3ccc(F)cc3s2)cc1. The molecule has 0 bridgehead atoms. The largest absolute Gasteiger partial charge is 0.298 e. The van der Waals surface area contributed by atoms with Crippen molar-refractivity contribution < 1.29 is 9.18 Å². The van der Waals surface area contributed by atoms with Gasteiger partial charge in [0.1, 0.15) is 5.82 Å². The number of amides is 1. The van der Waals surface area contributed by atoms with E-state index in [1.165, 1.54) is 23.5 Å². The molecule has 3 nitrogen and oxygen atoms in total. The molecule has 1 heterocycles. The Balaban J connectivity index is 1.81. The van der Waals surface area contributed by atoms with Crippen LogP contribution in [0.25, 0.3) is 10.2 Å². The molecule has 2 aromatic carbocycles. The van der Waals surface area contributed by atoms with Crippen LogP contribution in [0.4, 0.5) is 9.52 Å². The van der Waals surface area contributed by atoms with Gasteiger partial charge in [0.05, 0.1) is 10.2 Å². The Morgan fingerprint density at radius 2 is 2.00 bits per heavy atom. The molecule has 0 aliphatic heterocycles. The predicted molar refractivity (Wildman–Crippen MR) is 85.8 cm³/mol. The Hall–Kier alpha value is -1.92. The van der Waals surface area contributed by atoms with Crippen molar-refractivity contribution in [1.82, 2.24) is 4.98 Å². The number of rotatable bonds is 3. The van der Waals surface area contributed by atoms with E-state index in [0.717, 1.165) is 4.90 Å². The molecule has 0 saturated carbocycles. The molecule has 1 amide bonds. The maximum absolute atomic E-state index is 13.1. The highest BCUT2D eigenvalue weighted by Crippen LogP contribution is 2.27. The average molecular weight is 318 g/mol. The fraction of sp³-hybridized carbons (Fsp3) is 0.0667. The van der Waals surface area contributed by atoms with Crippen LogP contribution in [0.1, 0.15) is 10.4 Å². The monoisotopic (exact) mass is 318 g/mol. The molecule has 0 saturated heterocycles. The average Bonchev–Trinajstić information content (AvgIpc) is 2.88. The van der Waals surface area contributed by atoms with Crippen molar-refractivity contribution in [2.45, 2.75) is 4.90 Å². The lowest BCUT2D eigenvalue weighted by atomic mass is 10.2. The molecule has 106 valence electrons. The van der Waals surface area contributed by atoms with Crippen molar-refractivity contribution >= 4 is 44.4 Å². The maximum Gasteiger partial charge on any atom is 0.257 e. The zero-order valence-corrected chi connectivity index (χ0v) is 12.7. The summed E-state index contributed by atoms with van der Waals surface area (Å²) in [5.41, 5.74) is 1.24. The number of thiazole rings is 1. The van der Waals surface area contributed by atoms with Gasteiger partial charge in [-0.25, -0.2) is 9.37 Å². The molecule has 0 atom stereocenters. The number of aromatic nitrogens is 1. The van der Waals surface area contributed by atoms with Gasteiger partial charge in [-0.05, 0) is 48.7 Å². The number of hydrogen-bond donors (Lipinski definition) is 1. The summed E-state index contributed by atoms with van der Waals surface area (Å²) in [5, 5.41) is 3.21. The molecule has 0 unspecified atom stereocenters. The van der Waals surface area contributed by atoms with Gasteiger partial charge in [-0.2, -0.15) is 0 Å². The van der Waals surface area contributed by atoms with E-state index in [2.05, 4.69) is 10.3 Å². The first-order valence-corrected chi connectivity index (χ1v) is 8.21. The molecule has 1 aromatic heterocycles. The van der Waals surface area contributed by atoms with Crippen LogP contribution in [0, 0.1) is 5.82 Å². The number of benzene rings is 2. The second kappa shape index (κ2) is 5.83. The highest BCUT2D eigenvalue weighted by Gasteiger charge is 2.10. The van der Waals surface area contributed by atoms with Crippen LogP contribution >= 0.6 is 23.1 Å². The second-order valence-electron chi connectivity index (χ2n) is 4.31. The lowest BCUT2D eigenvalue weighted by molar-refractivity contribution is 0.102. The first-order chi connectivity index (χ1) is 10.2. The third kappa shape index (κ3) is 3.06. The molecule has 3 aromatic rings. The summed E-state index contributed by atoms with van der Waals surface area (Å²) in [6.45, 7) is 0. The zero-order chi connectivity index (χ0) is 14.8. The molecule has 0 radical (unpaired) electrons. The van der Waals surface area contributed by atoms with Gasteiger partial charge in [-0.1, -0.05) is 11.3 Å². The van der Waals surface area contributed by atoms with Crippen molar-refractivity contribution in [1.29, 1.82) is 0 Å². The smallest absolute Gasteiger partial charge is 0.257 e. The fourth-order valence-corrected chi connectivity index (χ4v) is 3.16. The van der Waals surface area contributed by atoms with Crippen LogP contribution in [-0.2, 0) is 0 Å². The molecule has 0 aliphatic carbocycles. The van der Waals surface area contributed by atoms with E-state index in [9.17, 15) is 9.18 Å². The first kappa shape index (κ1) is 14.0. The standard InChI is InChI=1S/C15H11FN2OS2/c1-20-11-5-2-9(3-6-11)14(19)18-15-17-12-7-4-10(16)8-13(12)21-15/h2-8H,1H3,(H,17,18,19). The second-order valence-corrected chi connectivity index (χ2v) is 6.22. The lowest BCUT2D eigenvalue weighted by Gasteiger charge is -2.02. The third-order valence-electron chi connectivity index (χ3n) is 2.92. The molecule has 21 heavy (non-hydrogen) atoms. The van der Waals surface area contributed by atoms with Crippen LogP contribution in [0.5, 0.6) is 0 Å². The number of halogens is 1. The number of thioether (sulfide) groups is 1. The number of anilines is 1. The lowest BCUT2D eigenvalue weighted by Crippen LogP contribution is -2.11. The summed E-state index contributed by atoms with van der Waals surface area (Å²) in [6.07, 6.45) is 1.98. The molecule has 0 aliphatic rings. The molecule has 3 rings (SSSR count). The highest BCUT2D eigenvalue weighted by molar-refractivity contribution is 7.98. The van der Waals surface area contributed by atoms with E-state index < -0.39 is 0 Å². The minimum absolute atomic E-state index is 0.220. The van der Waals surface area contributed by atoms with Crippen LogP contribution in [0.2, 0.25) is 0 Å². The van der Waals surface area contributed by atoms with E-state index in [1.54, 1.807) is 30.0 Å². The zero-order valence-electron chi connectivity index (χ0n) is 11.1. The van der Waals surface area contributed by atoms with Gasteiger partial charge >= 0.3 is 0 Å². The van der Waals surface area contributed by atoms with Crippen LogP contribution in [-0.4, -0.2) is 17.1 Å². The number of carbonyl (C=O) groups excluding carboxylic acids is 1. The topological polar surface area (TPSA) is 42.0 Å². The molecule has 0 spiro atoms. The summed E-state index contributed by atoms with van der Waals surface area (Å²) in [5.74, 6) is -0.529. The van der Waals surface area contributed by atoms with Crippen molar-refractivity contribution in [3.05, 3.63) is 53.8 Å². The number of nitrogens with zero attached hydrogens (tertiary/aromatic N) is 1. The number of carbonyl (C=O) groups is 1. The van der Waals surface area contributed by atoms with E-state index >= 15 is 0 Å². The first-order valence-electron chi connectivity index (χ1n) is 6.17. The summed E-state index contributed by atoms with van der Waals surface area (Å²) < 4.78 is 13.8. The molecular formula is C15H11FN2OS2. The number of fused-ring (bicyclic) bond motifs is 1. The number of nitrogens with one attached hydrogen (secondary N) is 1. The fourth-order valence-electron chi connectivity index (χ4n) is 1.86. The van der Waals surface area contributed by atoms with E-state index in [4.69, 9.17) is 0 Å². The van der Waals surface area contributed by atoms with Crippen LogP contribution in [0.3, 0.4) is 0 Å². The predicted octanol–water partition coefficient (Wildman–Crippen LogP) is 4.41. The Morgan fingerprint density at radius 1 is 1.24 bits per heavy atom. The quantitative estimate of drug-likeness (QED) is 0.727. The van der Waals surface area contributed by atoms with Crippen molar-refractivity contribution in [2.75, 3.05) is 11.6 Å². The minimum Gasteiger partial charge on any atom is -0.298 e. The van der Waals surface area contributed by atoms with Crippen molar-refractivity contribution in [3.63, 3.8) is 0 Å². The normalized spacial score (nSPS) is 10.8.